The van der Waals surface area contributed by atoms with E-state index in [1.807, 2.05) is 6.07 Å². The van der Waals surface area contributed by atoms with Crippen LogP contribution in [-0.2, 0) is 0 Å². The number of nitrogens with one attached hydrogen (secondary N) is 2. The lowest BCUT2D eigenvalue weighted by atomic mass is 10.2. The van der Waals surface area contributed by atoms with Crippen LogP contribution in [-0.4, -0.2) is 25.2 Å². The molecule has 0 saturated heterocycles. The predicted molar refractivity (Wildman–Crippen MR) is 94.3 cm³/mol. The minimum Gasteiger partial charge on any atom is -0.497 e. The molecule has 0 aromatic heterocycles. The lowest BCUT2D eigenvalue weighted by Crippen LogP contribution is -2.19. The standard InChI is InChI=1S/C16H17N3O3S/c1-21-12-7-8-13(14(9-12)22-2)19-16(23)18-11-5-3-10(4-6-11)15(17)20/h3-9H,1-2H3,(H2,17,20)(H2,18,19,23). The number of rotatable bonds is 5. The van der Waals surface area contributed by atoms with Crippen molar-refractivity contribution in [1.82, 2.24) is 0 Å². The van der Waals surface area contributed by atoms with E-state index in [9.17, 15) is 4.79 Å². The van der Waals surface area contributed by atoms with Crippen LogP contribution in [0.4, 0.5) is 11.4 Å². The Labute approximate surface area is 139 Å². The fraction of sp³-hybridized carbons (Fsp3) is 0.125. The van der Waals surface area contributed by atoms with E-state index in [-0.39, 0.29) is 0 Å². The molecule has 0 atom stereocenters. The molecule has 0 spiro atoms. The van der Waals surface area contributed by atoms with Crippen LogP contribution in [0.1, 0.15) is 10.4 Å². The molecule has 120 valence electrons. The maximum Gasteiger partial charge on any atom is 0.248 e. The predicted octanol–water partition coefficient (Wildman–Crippen LogP) is 2.61. The van der Waals surface area contributed by atoms with Crippen molar-refractivity contribution in [1.29, 1.82) is 0 Å². The molecule has 0 saturated carbocycles. The van der Waals surface area contributed by atoms with Gasteiger partial charge in [0, 0.05) is 17.3 Å². The number of amides is 1. The SMILES string of the molecule is COc1ccc(NC(=S)Nc2ccc(C(N)=O)cc2)c(OC)c1. The quantitative estimate of drug-likeness (QED) is 0.730. The number of hydrogen-bond donors (Lipinski definition) is 3. The van der Waals surface area contributed by atoms with Crippen molar-refractivity contribution in [3.8, 4) is 11.5 Å². The number of ether oxygens (including phenoxy) is 2. The van der Waals surface area contributed by atoms with Gasteiger partial charge < -0.3 is 25.8 Å². The number of benzene rings is 2. The molecule has 23 heavy (non-hydrogen) atoms. The summed E-state index contributed by atoms with van der Waals surface area (Å²) in [6.07, 6.45) is 0. The normalized spacial score (nSPS) is 9.83. The van der Waals surface area contributed by atoms with Crippen LogP contribution in [0, 0.1) is 0 Å². The molecule has 1 amide bonds. The van der Waals surface area contributed by atoms with Crippen LogP contribution in [0.25, 0.3) is 0 Å². The molecule has 4 N–H and O–H groups in total. The summed E-state index contributed by atoms with van der Waals surface area (Å²) in [5, 5.41) is 6.45. The molecule has 0 aliphatic heterocycles. The summed E-state index contributed by atoms with van der Waals surface area (Å²) >= 11 is 5.27. The lowest BCUT2D eigenvalue weighted by molar-refractivity contribution is 0.100. The average Bonchev–Trinajstić information content (AvgIpc) is 2.55. The zero-order chi connectivity index (χ0) is 16.8. The Balaban J connectivity index is 2.06. The second kappa shape index (κ2) is 7.46. The van der Waals surface area contributed by atoms with Crippen LogP contribution in [0.5, 0.6) is 11.5 Å². The summed E-state index contributed by atoms with van der Waals surface area (Å²) in [7, 11) is 3.16. The highest BCUT2D eigenvalue weighted by atomic mass is 32.1. The van der Waals surface area contributed by atoms with Crippen molar-refractivity contribution in [3.63, 3.8) is 0 Å². The lowest BCUT2D eigenvalue weighted by Gasteiger charge is -2.14. The van der Waals surface area contributed by atoms with Gasteiger partial charge in [-0.1, -0.05) is 0 Å². The van der Waals surface area contributed by atoms with Gasteiger partial charge in [-0.25, -0.2) is 0 Å². The first-order chi connectivity index (χ1) is 11.0. The smallest absolute Gasteiger partial charge is 0.248 e. The van der Waals surface area contributed by atoms with Gasteiger partial charge in [0.15, 0.2) is 5.11 Å². The first kappa shape index (κ1) is 16.6. The zero-order valence-corrected chi connectivity index (χ0v) is 13.6. The Kier molecular flexibility index (Phi) is 5.37. The molecule has 2 aromatic carbocycles. The third-order valence-electron chi connectivity index (χ3n) is 3.08. The van der Waals surface area contributed by atoms with Gasteiger partial charge in [0.1, 0.15) is 11.5 Å². The Morgan fingerprint density at radius 2 is 1.74 bits per heavy atom. The number of nitrogens with two attached hydrogens (primary N) is 1. The molecule has 0 aliphatic rings. The molecule has 2 aromatic rings. The summed E-state index contributed by atoms with van der Waals surface area (Å²) < 4.78 is 10.4. The zero-order valence-electron chi connectivity index (χ0n) is 12.8. The number of hydrogen-bond acceptors (Lipinski definition) is 4. The number of anilines is 2. The fourth-order valence-corrected chi connectivity index (χ4v) is 2.13. The molecule has 0 aliphatic carbocycles. The Hall–Kier alpha value is -2.80. The minimum absolute atomic E-state index is 0.389. The minimum atomic E-state index is -0.472. The van der Waals surface area contributed by atoms with E-state index in [1.165, 1.54) is 0 Å². The number of thiocarbonyl (C=S) groups is 1. The van der Waals surface area contributed by atoms with Crippen LogP contribution < -0.4 is 25.8 Å². The van der Waals surface area contributed by atoms with Crippen LogP contribution in [0.2, 0.25) is 0 Å². The Bertz CT molecular complexity index is 717. The van der Waals surface area contributed by atoms with Crippen molar-refractivity contribution in [3.05, 3.63) is 48.0 Å². The third kappa shape index (κ3) is 4.33. The van der Waals surface area contributed by atoms with E-state index in [1.54, 1.807) is 50.6 Å². The summed E-state index contributed by atoms with van der Waals surface area (Å²) in [6.45, 7) is 0. The highest BCUT2D eigenvalue weighted by Crippen LogP contribution is 2.29. The van der Waals surface area contributed by atoms with Crippen molar-refractivity contribution in [2.75, 3.05) is 24.9 Å². The van der Waals surface area contributed by atoms with E-state index in [0.717, 1.165) is 5.69 Å². The first-order valence-electron chi connectivity index (χ1n) is 6.73. The highest BCUT2D eigenvalue weighted by Gasteiger charge is 2.07. The molecule has 0 radical (unpaired) electrons. The number of carbonyl (C=O) groups is 1. The largest absolute Gasteiger partial charge is 0.497 e. The van der Waals surface area contributed by atoms with Gasteiger partial charge in [0.05, 0.1) is 19.9 Å². The molecule has 6 nitrogen and oxygen atoms in total. The Morgan fingerprint density at radius 1 is 1.04 bits per heavy atom. The maximum absolute atomic E-state index is 11.0. The van der Waals surface area contributed by atoms with Gasteiger partial charge in [0.2, 0.25) is 5.91 Å². The maximum atomic E-state index is 11.0. The van der Waals surface area contributed by atoms with Gasteiger partial charge in [0.25, 0.3) is 0 Å². The molecular weight excluding hydrogens is 314 g/mol. The van der Waals surface area contributed by atoms with Crippen molar-refractivity contribution < 1.29 is 14.3 Å². The van der Waals surface area contributed by atoms with E-state index in [4.69, 9.17) is 27.4 Å². The summed E-state index contributed by atoms with van der Waals surface area (Å²) in [5.74, 6) is 0.825. The second-order valence-corrected chi connectivity index (χ2v) is 5.00. The van der Waals surface area contributed by atoms with Gasteiger partial charge >= 0.3 is 0 Å². The van der Waals surface area contributed by atoms with Gasteiger partial charge in [-0.3, -0.25) is 4.79 Å². The topological polar surface area (TPSA) is 85.6 Å². The molecule has 7 heteroatoms. The highest BCUT2D eigenvalue weighted by molar-refractivity contribution is 7.80. The van der Waals surface area contributed by atoms with Crippen molar-refractivity contribution in [2.45, 2.75) is 0 Å². The van der Waals surface area contributed by atoms with Crippen LogP contribution >= 0.6 is 12.2 Å². The van der Waals surface area contributed by atoms with E-state index >= 15 is 0 Å². The molecule has 0 fully saturated rings. The number of primary amides is 1. The first-order valence-corrected chi connectivity index (χ1v) is 7.14. The van der Waals surface area contributed by atoms with Gasteiger partial charge in [-0.2, -0.15) is 0 Å². The monoisotopic (exact) mass is 331 g/mol. The van der Waals surface area contributed by atoms with Crippen LogP contribution in [0.15, 0.2) is 42.5 Å². The summed E-state index contributed by atoms with van der Waals surface area (Å²) in [6, 6.07) is 12.1. The Morgan fingerprint density at radius 3 is 2.30 bits per heavy atom. The second-order valence-electron chi connectivity index (χ2n) is 4.59. The van der Waals surface area contributed by atoms with E-state index in [0.29, 0.717) is 27.9 Å². The summed E-state index contributed by atoms with van der Waals surface area (Å²) in [5.41, 5.74) is 7.08. The molecule has 0 heterocycles. The fourth-order valence-electron chi connectivity index (χ4n) is 1.90. The number of methoxy groups -OCH3 is 2. The molecule has 0 bridgehead atoms. The van der Waals surface area contributed by atoms with Gasteiger partial charge in [-0.05, 0) is 48.6 Å². The number of carbonyl (C=O) groups excluding carboxylic acids is 1. The molecular formula is C16H17N3O3S. The average molecular weight is 331 g/mol. The van der Waals surface area contributed by atoms with Gasteiger partial charge in [-0.15, -0.1) is 0 Å². The van der Waals surface area contributed by atoms with Crippen LogP contribution in [0.3, 0.4) is 0 Å². The molecule has 2 rings (SSSR count). The van der Waals surface area contributed by atoms with E-state index in [2.05, 4.69) is 10.6 Å². The van der Waals surface area contributed by atoms with Crippen molar-refractivity contribution >= 4 is 34.6 Å². The molecule has 0 unspecified atom stereocenters. The summed E-state index contributed by atoms with van der Waals surface area (Å²) in [4.78, 5) is 11.0. The van der Waals surface area contributed by atoms with E-state index < -0.39 is 5.91 Å². The third-order valence-corrected chi connectivity index (χ3v) is 3.29. The van der Waals surface area contributed by atoms with Crippen molar-refractivity contribution in [2.24, 2.45) is 5.73 Å².